The minimum absolute atomic E-state index is 0.0994. The number of nitrogens with zero attached hydrogens (tertiary/aromatic N) is 3. The first-order chi connectivity index (χ1) is 17.9. The fraction of sp³-hybridized carbons (Fsp3) is 0.179. The van der Waals surface area contributed by atoms with Crippen LogP contribution >= 0.6 is 0 Å². The lowest BCUT2D eigenvalue weighted by Crippen LogP contribution is -2.27. The van der Waals surface area contributed by atoms with E-state index in [1.54, 1.807) is 43.5 Å². The molecule has 1 unspecified atom stereocenters. The van der Waals surface area contributed by atoms with Gasteiger partial charge >= 0.3 is 0 Å². The molecule has 9 nitrogen and oxygen atoms in total. The number of hydrogen-bond acceptors (Lipinski definition) is 6. The van der Waals surface area contributed by atoms with Gasteiger partial charge in [-0.15, -0.1) is 0 Å². The molecule has 0 fully saturated rings. The molecule has 2 N–H and O–H groups in total. The molecule has 0 spiro atoms. The fourth-order valence-corrected chi connectivity index (χ4v) is 4.38. The Balaban J connectivity index is 1.88. The number of azide groups is 1. The lowest BCUT2D eigenvalue weighted by Gasteiger charge is -2.16. The number of para-hydroxylation sites is 1. The summed E-state index contributed by atoms with van der Waals surface area (Å²) >= 11 is 0. The third kappa shape index (κ3) is 4.94. The van der Waals surface area contributed by atoms with Gasteiger partial charge in [0.15, 0.2) is 11.5 Å². The number of anilines is 1. The van der Waals surface area contributed by atoms with Crippen molar-refractivity contribution in [3.05, 3.63) is 93.4 Å². The Hall–Kier alpha value is -4.88. The highest BCUT2D eigenvalue weighted by atomic mass is 16.5. The molecular formula is C28H26N4O5. The molecule has 37 heavy (non-hydrogen) atoms. The molecule has 4 rings (SSSR count). The van der Waals surface area contributed by atoms with Gasteiger partial charge in [0.2, 0.25) is 11.7 Å². The quantitative estimate of drug-likeness (QED) is 0.222. The van der Waals surface area contributed by atoms with Crippen LogP contribution in [-0.2, 0) is 4.79 Å². The van der Waals surface area contributed by atoms with Crippen molar-refractivity contribution in [3.63, 3.8) is 0 Å². The highest BCUT2D eigenvalue weighted by Gasteiger charge is 2.33. The number of amides is 1. The molecular weight excluding hydrogens is 472 g/mol. The average Bonchev–Trinajstić information content (AvgIpc) is 3.18. The Morgan fingerprint density at radius 2 is 1.68 bits per heavy atom. The number of rotatable bonds is 8. The van der Waals surface area contributed by atoms with Crippen LogP contribution in [0.25, 0.3) is 27.7 Å². The summed E-state index contributed by atoms with van der Waals surface area (Å²) in [4.78, 5) is 16.3. The minimum Gasteiger partial charge on any atom is -0.502 e. The first-order valence-corrected chi connectivity index (χ1v) is 11.4. The Morgan fingerprint density at radius 3 is 2.27 bits per heavy atom. The smallest absolute Gasteiger partial charge is 0.237 e. The summed E-state index contributed by atoms with van der Waals surface area (Å²) in [5.74, 6) is 0.561. The molecule has 0 heterocycles. The Morgan fingerprint density at radius 1 is 1.00 bits per heavy atom. The number of methoxy groups -OCH3 is 3. The lowest BCUT2D eigenvalue weighted by molar-refractivity contribution is -0.116. The van der Waals surface area contributed by atoms with Crippen molar-refractivity contribution in [1.82, 2.24) is 0 Å². The molecule has 0 aromatic heterocycles. The number of aromatic hydroxyl groups is 1. The second-order valence-corrected chi connectivity index (χ2v) is 8.24. The number of phenols is 1. The highest BCUT2D eigenvalue weighted by Crippen LogP contribution is 2.47. The highest BCUT2D eigenvalue weighted by molar-refractivity contribution is 6.13. The van der Waals surface area contributed by atoms with Gasteiger partial charge in [0.25, 0.3) is 0 Å². The number of nitrogens with one attached hydrogen (secondary N) is 1. The normalized spacial score (nSPS) is 14.0. The van der Waals surface area contributed by atoms with Gasteiger partial charge in [0, 0.05) is 10.6 Å². The number of phenolic OH excluding ortho intramolecular Hbond substituents is 1. The molecule has 0 saturated heterocycles. The van der Waals surface area contributed by atoms with Crippen LogP contribution in [-0.4, -0.2) is 38.4 Å². The molecule has 0 bridgehead atoms. The molecule has 1 aliphatic carbocycles. The molecule has 0 radical (unpaired) electrons. The maximum absolute atomic E-state index is 13.3. The third-order valence-electron chi connectivity index (χ3n) is 6.16. The Bertz CT molecular complexity index is 1430. The predicted octanol–water partition coefficient (Wildman–Crippen LogP) is 6.06. The second kappa shape index (κ2) is 10.8. The molecule has 1 amide bonds. The van der Waals surface area contributed by atoms with Gasteiger partial charge in [-0.1, -0.05) is 29.4 Å². The van der Waals surface area contributed by atoms with Crippen LogP contribution in [0.3, 0.4) is 0 Å². The van der Waals surface area contributed by atoms with Gasteiger partial charge in [0.05, 0.1) is 21.3 Å². The van der Waals surface area contributed by atoms with E-state index in [0.29, 0.717) is 22.6 Å². The van der Waals surface area contributed by atoms with Gasteiger partial charge < -0.3 is 24.6 Å². The van der Waals surface area contributed by atoms with Crippen LogP contribution in [0.1, 0.15) is 23.6 Å². The van der Waals surface area contributed by atoms with E-state index in [9.17, 15) is 15.4 Å². The average molecular weight is 499 g/mol. The zero-order valence-electron chi connectivity index (χ0n) is 20.9. The van der Waals surface area contributed by atoms with E-state index in [0.717, 1.165) is 22.3 Å². The van der Waals surface area contributed by atoms with Crippen molar-refractivity contribution in [3.8, 4) is 23.0 Å². The molecule has 0 aliphatic heterocycles. The number of hydrogen-bond donors (Lipinski definition) is 2. The standard InChI is InChI=1S/C28H26N4O5/c1-16-21(12-17-13-23(36-3)27(33)24(14-17)37-4)20-11-10-19(35-2)15-22(20)25(16)26(31-32-29)28(34)30-18-8-6-5-7-9-18/h5-15,26,33H,1-4H3,(H,30,34). The fourth-order valence-electron chi connectivity index (χ4n) is 4.38. The maximum Gasteiger partial charge on any atom is 0.237 e. The SMILES string of the molecule is COc1ccc2c(c1)C(C(N=[N+]=[N-])C(=O)Nc1ccccc1)=C(C)C2=Cc1cc(OC)c(O)c(OC)c1. The molecule has 3 aromatic carbocycles. The number of carbonyl (C=O) groups excluding carboxylic acids is 1. The summed E-state index contributed by atoms with van der Waals surface area (Å²) in [5.41, 5.74) is 14.4. The van der Waals surface area contributed by atoms with E-state index < -0.39 is 11.9 Å². The Kier molecular flexibility index (Phi) is 7.36. The summed E-state index contributed by atoms with van der Waals surface area (Å²) in [6.07, 6.45) is 1.90. The summed E-state index contributed by atoms with van der Waals surface area (Å²) in [7, 11) is 4.48. The van der Waals surface area contributed by atoms with Crippen molar-refractivity contribution in [2.45, 2.75) is 13.0 Å². The lowest BCUT2D eigenvalue weighted by atomic mass is 9.97. The number of ether oxygens (including phenoxy) is 3. The van der Waals surface area contributed by atoms with Gasteiger partial charge in [-0.3, -0.25) is 4.79 Å². The third-order valence-corrected chi connectivity index (χ3v) is 6.16. The van der Waals surface area contributed by atoms with Gasteiger partial charge in [-0.2, -0.15) is 0 Å². The van der Waals surface area contributed by atoms with Crippen molar-refractivity contribution in [2.24, 2.45) is 5.11 Å². The van der Waals surface area contributed by atoms with E-state index in [2.05, 4.69) is 15.3 Å². The van der Waals surface area contributed by atoms with E-state index in [4.69, 9.17) is 14.2 Å². The van der Waals surface area contributed by atoms with Crippen LogP contribution in [0.2, 0.25) is 0 Å². The Labute approximate surface area is 214 Å². The number of carbonyl (C=O) groups is 1. The molecule has 3 aromatic rings. The zero-order chi connectivity index (χ0) is 26.5. The number of allylic oxidation sites excluding steroid dienone is 2. The molecule has 1 aliphatic rings. The topological polar surface area (TPSA) is 126 Å². The molecule has 9 heteroatoms. The predicted molar refractivity (Wildman–Crippen MR) is 143 cm³/mol. The summed E-state index contributed by atoms with van der Waals surface area (Å²) in [6, 6.07) is 16.8. The number of benzene rings is 3. The van der Waals surface area contributed by atoms with Gasteiger partial charge in [0.1, 0.15) is 11.8 Å². The monoisotopic (exact) mass is 498 g/mol. The summed E-state index contributed by atoms with van der Waals surface area (Å²) in [6.45, 7) is 1.87. The summed E-state index contributed by atoms with van der Waals surface area (Å²) in [5, 5.41) is 17.0. The van der Waals surface area contributed by atoms with Crippen LogP contribution in [0, 0.1) is 0 Å². The first-order valence-electron chi connectivity index (χ1n) is 11.4. The van der Waals surface area contributed by atoms with Crippen LogP contribution < -0.4 is 19.5 Å². The molecule has 1 atom stereocenters. The molecule has 188 valence electrons. The first kappa shape index (κ1) is 25.2. The van der Waals surface area contributed by atoms with Crippen LogP contribution in [0.4, 0.5) is 5.69 Å². The van der Waals surface area contributed by atoms with E-state index in [-0.39, 0.29) is 17.2 Å². The van der Waals surface area contributed by atoms with Crippen molar-refractivity contribution >= 4 is 28.8 Å². The van der Waals surface area contributed by atoms with E-state index >= 15 is 0 Å². The minimum atomic E-state index is -1.13. The largest absolute Gasteiger partial charge is 0.502 e. The van der Waals surface area contributed by atoms with Crippen molar-refractivity contribution in [2.75, 3.05) is 26.6 Å². The maximum atomic E-state index is 13.3. The van der Waals surface area contributed by atoms with E-state index in [1.165, 1.54) is 14.2 Å². The number of fused-ring (bicyclic) bond motifs is 1. The summed E-state index contributed by atoms with van der Waals surface area (Å²) < 4.78 is 16.0. The molecule has 0 saturated carbocycles. The zero-order valence-corrected chi connectivity index (χ0v) is 20.9. The van der Waals surface area contributed by atoms with E-state index in [1.807, 2.05) is 37.3 Å². The van der Waals surface area contributed by atoms with Crippen molar-refractivity contribution < 1.29 is 24.1 Å². The van der Waals surface area contributed by atoms with Crippen molar-refractivity contribution in [1.29, 1.82) is 0 Å². The van der Waals surface area contributed by atoms with Gasteiger partial charge in [-0.25, -0.2) is 0 Å². The van der Waals surface area contributed by atoms with Crippen LogP contribution in [0.5, 0.6) is 23.0 Å². The second-order valence-electron chi connectivity index (χ2n) is 8.24. The van der Waals surface area contributed by atoms with Crippen LogP contribution in [0.15, 0.2) is 71.4 Å². The van der Waals surface area contributed by atoms with Gasteiger partial charge in [-0.05, 0) is 88.3 Å².